The number of anilines is 1. The third kappa shape index (κ3) is 4.99. The van der Waals surface area contributed by atoms with Crippen LogP contribution in [0.25, 0.3) is 22.5 Å². The maximum atomic E-state index is 13.9. The van der Waals surface area contributed by atoms with E-state index in [-0.39, 0.29) is 23.2 Å². The Morgan fingerprint density at radius 2 is 1.78 bits per heavy atom. The van der Waals surface area contributed by atoms with Crippen molar-refractivity contribution in [3.8, 4) is 28.3 Å². The molecule has 1 heterocycles. The van der Waals surface area contributed by atoms with Gasteiger partial charge in [-0.05, 0) is 86.0 Å². The van der Waals surface area contributed by atoms with Gasteiger partial charge >= 0.3 is 0 Å². The molecule has 0 fully saturated rings. The van der Waals surface area contributed by atoms with Crippen molar-refractivity contribution in [3.63, 3.8) is 0 Å². The summed E-state index contributed by atoms with van der Waals surface area (Å²) in [5.74, 6) is 0.231. The van der Waals surface area contributed by atoms with Crippen molar-refractivity contribution in [1.29, 1.82) is 0 Å². The number of aryl methyl sites for hydroxylation is 3. The average molecular weight is 505 g/mol. The van der Waals surface area contributed by atoms with Crippen LogP contribution in [0.1, 0.15) is 39.1 Å². The lowest BCUT2D eigenvalue weighted by Gasteiger charge is -2.17. The van der Waals surface area contributed by atoms with Crippen LogP contribution in [0.4, 0.5) is 10.1 Å². The van der Waals surface area contributed by atoms with Crippen molar-refractivity contribution >= 4 is 11.6 Å². The molecule has 0 aliphatic carbocycles. The second kappa shape index (κ2) is 10.3. The zero-order valence-corrected chi connectivity index (χ0v) is 21.3. The molecule has 0 saturated heterocycles. The summed E-state index contributed by atoms with van der Waals surface area (Å²) in [6, 6.07) is 14.9. The van der Waals surface area contributed by atoms with Crippen LogP contribution in [0.2, 0.25) is 0 Å². The first kappa shape index (κ1) is 25.7. The van der Waals surface area contributed by atoms with Crippen LogP contribution in [-0.4, -0.2) is 40.1 Å². The Labute approximate surface area is 214 Å². The largest absolute Gasteiger partial charge is 0.496 e. The number of aliphatic hydroxyl groups excluding tert-OH is 1. The number of rotatable bonds is 7. The summed E-state index contributed by atoms with van der Waals surface area (Å²) in [7, 11) is 3.10. The van der Waals surface area contributed by atoms with E-state index in [1.807, 2.05) is 19.9 Å². The van der Waals surface area contributed by atoms with E-state index >= 15 is 0 Å². The van der Waals surface area contributed by atoms with Crippen LogP contribution in [0, 0.1) is 26.6 Å². The van der Waals surface area contributed by atoms with E-state index in [2.05, 4.69) is 15.6 Å². The van der Waals surface area contributed by atoms with Gasteiger partial charge in [-0.3, -0.25) is 4.79 Å². The standard InChI is InChI=1S/C28H29FN4O4/c1-15-11-20(29)12-16(2)24(15)22-14-18(9-10-23(22)37-5)26-31-17(3)25(33(26)36)28(35)32-21-8-6-7-19(13-21)27(34)30-4/h6-14,28,32,35-36H,1-5H3,(H,30,34). The van der Waals surface area contributed by atoms with Gasteiger partial charge < -0.3 is 25.7 Å². The molecule has 0 spiro atoms. The summed E-state index contributed by atoms with van der Waals surface area (Å²) >= 11 is 0. The van der Waals surface area contributed by atoms with Gasteiger partial charge in [0.1, 0.15) is 17.3 Å². The van der Waals surface area contributed by atoms with Crippen LogP contribution in [0.15, 0.2) is 54.6 Å². The van der Waals surface area contributed by atoms with Gasteiger partial charge in [-0.2, -0.15) is 4.73 Å². The first-order chi connectivity index (χ1) is 17.6. The maximum absolute atomic E-state index is 13.9. The number of imidazole rings is 1. The van der Waals surface area contributed by atoms with E-state index in [9.17, 15) is 19.5 Å². The summed E-state index contributed by atoms with van der Waals surface area (Å²) in [5, 5.41) is 27.4. The average Bonchev–Trinajstić information content (AvgIpc) is 3.16. The summed E-state index contributed by atoms with van der Waals surface area (Å²) in [6.07, 6.45) is -1.31. The van der Waals surface area contributed by atoms with Crippen molar-refractivity contribution in [3.05, 3.63) is 88.5 Å². The number of methoxy groups -OCH3 is 1. The summed E-state index contributed by atoms with van der Waals surface area (Å²) in [4.78, 5) is 16.4. The van der Waals surface area contributed by atoms with Gasteiger partial charge in [0.05, 0.1) is 12.8 Å². The maximum Gasteiger partial charge on any atom is 0.251 e. The molecular formula is C28H29FN4O4. The van der Waals surface area contributed by atoms with Crippen molar-refractivity contribution in [2.75, 3.05) is 19.5 Å². The van der Waals surface area contributed by atoms with Crippen LogP contribution < -0.4 is 15.4 Å². The molecule has 9 heteroatoms. The number of aliphatic hydroxyl groups is 1. The van der Waals surface area contributed by atoms with Gasteiger partial charge in [-0.1, -0.05) is 6.07 Å². The third-order valence-corrected chi connectivity index (χ3v) is 6.21. The number of carbonyl (C=O) groups is 1. The molecule has 3 aromatic carbocycles. The summed E-state index contributed by atoms with van der Waals surface area (Å²) in [5.41, 5.74) is 5.08. The molecule has 0 bridgehead atoms. The molecule has 4 aromatic rings. The fourth-order valence-electron chi connectivity index (χ4n) is 4.53. The molecule has 1 unspecified atom stereocenters. The smallest absolute Gasteiger partial charge is 0.251 e. The second-order valence-electron chi connectivity index (χ2n) is 8.75. The topological polar surface area (TPSA) is 109 Å². The van der Waals surface area contributed by atoms with E-state index in [1.54, 1.807) is 50.4 Å². The molecule has 1 aromatic heterocycles. The first-order valence-electron chi connectivity index (χ1n) is 11.6. The molecule has 0 radical (unpaired) electrons. The fraction of sp³-hybridized carbons (Fsp3) is 0.214. The highest BCUT2D eigenvalue weighted by Gasteiger charge is 2.23. The lowest BCUT2D eigenvalue weighted by atomic mass is 9.93. The molecule has 4 rings (SSSR count). The highest BCUT2D eigenvalue weighted by atomic mass is 19.1. The molecule has 0 saturated carbocycles. The van der Waals surface area contributed by atoms with Crippen LogP contribution in [0.3, 0.4) is 0 Å². The Bertz CT molecular complexity index is 1460. The molecule has 4 N–H and O–H groups in total. The zero-order chi connectivity index (χ0) is 26.9. The molecule has 8 nitrogen and oxygen atoms in total. The van der Waals surface area contributed by atoms with Crippen LogP contribution >= 0.6 is 0 Å². The highest BCUT2D eigenvalue weighted by Crippen LogP contribution is 2.38. The van der Waals surface area contributed by atoms with Crippen LogP contribution in [0.5, 0.6) is 5.75 Å². The monoisotopic (exact) mass is 504 g/mol. The van der Waals surface area contributed by atoms with Gasteiger partial charge in [0.25, 0.3) is 5.91 Å². The third-order valence-electron chi connectivity index (χ3n) is 6.21. The van der Waals surface area contributed by atoms with Crippen molar-refractivity contribution in [2.24, 2.45) is 0 Å². The minimum absolute atomic E-state index is 0.145. The van der Waals surface area contributed by atoms with E-state index < -0.39 is 6.23 Å². The normalized spacial score (nSPS) is 11.8. The molecule has 192 valence electrons. The molecule has 37 heavy (non-hydrogen) atoms. The van der Waals surface area contributed by atoms with E-state index in [0.29, 0.717) is 28.3 Å². The number of nitrogens with one attached hydrogen (secondary N) is 2. The number of halogens is 1. The Morgan fingerprint density at radius 3 is 2.43 bits per heavy atom. The van der Waals surface area contributed by atoms with E-state index in [1.165, 1.54) is 19.2 Å². The predicted molar refractivity (Wildman–Crippen MR) is 139 cm³/mol. The first-order valence-corrected chi connectivity index (χ1v) is 11.6. The Hall–Kier alpha value is -4.37. The predicted octanol–water partition coefficient (Wildman–Crippen LogP) is 4.99. The molecule has 0 aliphatic rings. The lowest BCUT2D eigenvalue weighted by Crippen LogP contribution is -2.19. The number of ether oxygens (including phenoxy) is 1. The number of benzene rings is 3. The highest BCUT2D eigenvalue weighted by molar-refractivity contribution is 5.94. The minimum atomic E-state index is -1.31. The van der Waals surface area contributed by atoms with Gasteiger partial charge in [0.2, 0.25) is 0 Å². The molecule has 1 amide bonds. The van der Waals surface area contributed by atoms with E-state index in [0.717, 1.165) is 27.0 Å². The minimum Gasteiger partial charge on any atom is -0.496 e. The van der Waals surface area contributed by atoms with Gasteiger partial charge in [0.15, 0.2) is 12.1 Å². The van der Waals surface area contributed by atoms with Gasteiger partial charge in [0, 0.05) is 29.4 Å². The quantitative estimate of drug-likeness (QED) is 0.209. The Kier molecular flexibility index (Phi) is 7.17. The summed E-state index contributed by atoms with van der Waals surface area (Å²) in [6.45, 7) is 5.33. The number of nitrogens with zero attached hydrogens (tertiary/aromatic N) is 2. The molecular weight excluding hydrogens is 475 g/mol. The van der Waals surface area contributed by atoms with Gasteiger partial charge in [-0.15, -0.1) is 0 Å². The molecule has 0 aliphatic heterocycles. The van der Waals surface area contributed by atoms with Crippen molar-refractivity contribution < 1.29 is 24.2 Å². The number of carbonyl (C=O) groups excluding carboxylic acids is 1. The number of amides is 1. The second-order valence-corrected chi connectivity index (χ2v) is 8.75. The Morgan fingerprint density at radius 1 is 1.08 bits per heavy atom. The van der Waals surface area contributed by atoms with Crippen molar-refractivity contribution in [2.45, 2.75) is 27.0 Å². The number of hydrogen-bond acceptors (Lipinski definition) is 6. The van der Waals surface area contributed by atoms with Crippen molar-refractivity contribution in [1.82, 2.24) is 15.0 Å². The van der Waals surface area contributed by atoms with Crippen LogP contribution in [-0.2, 0) is 0 Å². The Balaban J connectivity index is 1.73. The number of hydrogen-bond donors (Lipinski definition) is 4. The van der Waals surface area contributed by atoms with E-state index in [4.69, 9.17) is 4.74 Å². The number of aromatic nitrogens is 2. The zero-order valence-electron chi connectivity index (χ0n) is 21.3. The SMILES string of the molecule is CNC(=O)c1cccc(NC(O)c2c(C)nc(-c3ccc(OC)c(-c4c(C)cc(F)cc4C)c3)n2O)c1. The molecule has 1 atom stereocenters. The lowest BCUT2D eigenvalue weighted by molar-refractivity contribution is 0.0962. The van der Waals surface area contributed by atoms with Gasteiger partial charge in [-0.25, -0.2) is 9.37 Å². The summed E-state index contributed by atoms with van der Waals surface area (Å²) < 4.78 is 20.3. The fourth-order valence-corrected chi connectivity index (χ4v) is 4.53.